The zero-order chi connectivity index (χ0) is 9.94. The molecule has 0 aliphatic heterocycles. The maximum Gasteiger partial charge on any atom is 0.331 e. The highest BCUT2D eigenvalue weighted by molar-refractivity contribution is 6.00. The number of aliphatic carboxylic acids is 1. The van der Waals surface area contributed by atoms with Crippen LogP contribution in [0.4, 0.5) is 0 Å². The van der Waals surface area contributed by atoms with Crippen LogP contribution in [-0.2, 0) is 9.59 Å². The third kappa shape index (κ3) is 3.32. The predicted octanol–water partition coefficient (Wildman–Crippen LogP) is 1.63. The summed E-state index contributed by atoms with van der Waals surface area (Å²) in [5.41, 5.74) is -0.425. The Morgan fingerprint density at radius 2 is 1.67 bits per heavy atom. The summed E-state index contributed by atoms with van der Waals surface area (Å²) in [6, 6.07) is 0. The summed E-state index contributed by atoms with van der Waals surface area (Å²) in [6.07, 6.45) is 1.17. The first-order valence-corrected chi connectivity index (χ1v) is 3.71. The zero-order valence-corrected chi connectivity index (χ0v) is 7.84. The van der Waals surface area contributed by atoms with Crippen molar-refractivity contribution >= 4 is 11.8 Å². The second-order valence-corrected chi connectivity index (χ2v) is 3.75. The molecule has 0 amide bonds. The fraction of sp³-hybridized carbons (Fsp3) is 0.556. The molecule has 0 fully saturated rings. The Balaban J connectivity index is 4.57. The third-order valence-electron chi connectivity index (χ3n) is 1.42. The summed E-state index contributed by atoms with van der Waals surface area (Å²) in [7, 11) is 0. The van der Waals surface area contributed by atoms with Crippen LogP contribution < -0.4 is 0 Å². The molecule has 0 bridgehead atoms. The fourth-order valence-electron chi connectivity index (χ4n) is 0.475. The van der Waals surface area contributed by atoms with Gasteiger partial charge in [-0.25, -0.2) is 4.79 Å². The Kier molecular flexibility index (Phi) is 3.19. The lowest BCUT2D eigenvalue weighted by molar-refractivity contribution is -0.133. The van der Waals surface area contributed by atoms with E-state index in [1.807, 2.05) is 0 Å². The molecule has 0 aromatic carbocycles. The molecule has 3 nitrogen and oxygen atoms in total. The summed E-state index contributed by atoms with van der Waals surface area (Å²) >= 11 is 0. The van der Waals surface area contributed by atoms with E-state index < -0.39 is 11.4 Å². The lowest BCUT2D eigenvalue weighted by Crippen LogP contribution is -2.18. The smallest absolute Gasteiger partial charge is 0.331 e. The quantitative estimate of drug-likeness (QED) is 0.641. The van der Waals surface area contributed by atoms with Crippen LogP contribution in [0.5, 0.6) is 0 Å². The minimum Gasteiger partial charge on any atom is -0.478 e. The van der Waals surface area contributed by atoms with Gasteiger partial charge >= 0.3 is 5.97 Å². The number of carboxylic acid groups (broad SMARTS) is 1. The Labute approximate surface area is 72.1 Å². The summed E-state index contributed by atoms with van der Waals surface area (Å²) < 4.78 is 0. The molecule has 0 aliphatic rings. The molecule has 0 aromatic rings. The second kappa shape index (κ2) is 3.52. The molecule has 0 saturated heterocycles. The van der Waals surface area contributed by atoms with E-state index in [1.165, 1.54) is 13.0 Å². The standard InChI is InChI=1S/C9H14O3/c1-6(8(11)12)5-7(10)9(2,3)4/h5H,1-4H3,(H,11,12). The monoisotopic (exact) mass is 170 g/mol. The Bertz CT molecular complexity index is 231. The minimum atomic E-state index is -1.05. The van der Waals surface area contributed by atoms with Gasteiger partial charge in [0.15, 0.2) is 5.78 Å². The van der Waals surface area contributed by atoms with E-state index in [0.29, 0.717) is 0 Å². The molecule has 0 rings (SSSR count). The van der Waals surface area contributed by atoms with Gasteiger partial charge in [0.05, 0.1) is 0 Å². The molecule has 3 heteroatoms. The summed E-state index contributed by atoms with van der Waals surface area (Å²) in [5, 5.41) is 8.48. The lowest BCUT2D eigenvalue weighted by atomic mass is 9.90. The van der Waals surface area contributed by atoms with Crippen molar-refractivity contribution in [1.82, 2.24) is 0 Å². The van der Waals surface area contributed by atoms with Gasteiger partial charge in [0.2, 0.25) is 0 Å². The molecule has 0 saturated carbocycles. The normalized spacial score (nSPS) is 12.8. The highest BCUT2D eigenvalue weighted by atomic mass is 16.4. The van der Waals surface area contributed by atoms with Crippen molar-refractivity contribution in [2.45, 2.75) is 27.7 Å². The van der Waals surface area contributed by atoms with Gasteiger partial charge in [-0.3, -0.25) is 4.79 Å². The van der Waals surface area contributed by atoms with E-state index in [4.69, 9.17) is 5.11 Å². The fourth-order valence-corrected chi connectivity index (χ4v) is 0.475. The number of hydrogen-bond donors (Lipinski definition) is 1. The van der Waals surface area contributed by atoms with Crippen LogP contribution in [0, 0.1) is 5.41 Å². The molecule has 0 unspecified atom stereocenters. The molecule has 0 atom stereocenters. The SMILES string of the molecule is CC(=CC(=O)C(C)(C)C)C(=O)O. The van der Waals surface area contributed by atoms with Crippen LogP contribution in [-0.4, -0.2) is 16.9 Å². The third-order valence-corrected chi connectivity index (χ3v) is 1.42. The van der Waals surface area contributed by atoms with Gasteiger partial charge in [-0.05, 0) is 13.0 Å². The van der Waals surface area contributed by atoms with Gasteiger partial charge in [0, 0.05) is 11.0 Å². The lowest BCUT2D eigenvalue weighted by Gasteiger charge is -2.13. The van der Waals surface area contributed by atoms with Crippen LogP contribution in [0.25, 0.3) is 0 Å². The molecule has 0 heterocycles. The zero-order valence-electron chi connectivity index (χ0n) is 7.84. The molecule has 0 radical (unpaired) electrons. The second-order valence-electron chi connectivity index (χ2n) is 3.75. The minimum absolute atomic E-state index is 0.0786. The van der Waals surface area contributed by atoms with Crippen LogP contribution >= 0.6 is 0 Å². The highest BCUT2D eigenvalue weighted by Gasteiger charge is 2.19. The van der Waals surface area contributed by atoms with Gasteiger partial charge in [-0.15, -0.1) is 0 Å². The van der Waals surface area contributed by atoms with E-state index in [-0.39, 0.29) is 11.4 Å². The number of rotatable bonds is 2. The predicted molar refractivity (Wildman–Crippen MR) is 45.9 cm³/mol. The maximum atomic E-state index is 11.2. The molecule has 0 spiro atoms. The molecular weight excluding hydrogens is 156 g/mol. The molecule has 0 aromatic heterocycles. The first-order valence-electron chi connectivity index (χ1n) is 3.71. The van der Waals surface area contributed by atoms with Crippen molar-refractivity contribution in [3.8, 4) is 0 Å². The summed E-state index contributed by atoms with van der Waals surface area (Å²) in [4.78, 5) is 21.6. The Morgan fingerprint density at radius 1 is 1.25 bits per heavy atom. The average molecular weight is 170 g/mol. The van der Waals surface area contributed by atoms with E-state index in [9.17, 15) is 9.59 Å². The number of carboxylic acids is 1. The van der Waals surface area contributed by atoms with Crippen molar-refractivity contribution in [2.75, 3.05) is 0 Å². The molecule has 0 aliphatic carbocycles. The highest BCUT2D eigenvalue weighted by Crippen LogP contribution is 2.16. The number of hydrogen-bond acceptors (Lipinski definition) is 2. The molecule has 1 N–H and O–H groups in total. The van der Waals surface area contributed by atoms with E-state index in [1.54, 1.807) is 20.8 Å². The number of ketones is 1. The van der Waals surface area contributed by atoms with Crippen molar-refractivity contribution in [2.24, 2.45) is 5.41 Å². The first kappa shape index (κ1) is 10.9. The van der Waals surface area contributed by atoms with Gasteiger partial charge in [-0.1, -0.05) is 20.8 Å². The van der Waals surface area contributed by atoms with Crippen molar-refractivity contribution in [3.63, 3.8) is 0 Å². The number of allylic oxidation sites excluding steroid dienone is 1. The van der Waals surface area contributed by atoms with Gasteiger partial charge in [0.25, 0.3) is 0 Å². The number of carbonyl (C=O) groups excluding carboxylic acids is 1. The molecule has 68 valence electrons. The van der Waals surface area contributed by atoms with E-state index >= 15 is 0 Å². The topological polar surface area (TPSA) is 54.4 Å². The largest absolute Gasteiger partial charge is 0.478 e. The first-order chi connectivity index (χ1) is 5.25. The van der Waals surface area contributed by atoms with Gasteiger partial charge in [-0.2, -0.15) is 0 Å². The van der Waals surface area contributed by atoms with Crippen molar-refractivity contribution in [3.05, 3.63) is 11.6 Å². The van der Waals surface area contributed by atoms with Crippen molar-refractivity contribution in [1.29, 1.82) is 0 Å². The molecular formula is C9H14O3. The van der Waals surface area contributed by atoms with E-state index in [0.717, 1.165) is 0 Å². The average Bonchev–Trinajstić information content (AvgIpc) is 1.85. The van der Waals surface area contributed by atoms with Gasteiger partial charge < -0.3 is 5.11 Å². The summed E-state index contributed by atoms with van der Waals surface area (Å²) in [6.45, 7) is 6.66. The van der Waals surface area contributed by atoms with Crippen LogP contribution in [0.1, 0.15) is 27.7 Å². The maximum absolute atomic E-state index is 11.2. The van der Waals surface area contributed by atoms with Gasteiger partial charge in [0.1, 0.15) is 0 Å². The Morgan fingerprint density at radius 3 is 1.92 bits per heavy atom. The van der Waals surface area contributed by atoms with Crippen LogP contribution in [0.3, 0.4) is 0 Å². The van der Waals surface area contributed by atoms with Crippen molar-refractivity contribution < 1.29 is 14.7 Å². The van der Waals surface area contributed by atoms with E-state index in [2.05, 4.69) is 0 Å². The van der Waals surface area contributed by atoms with Crippen LogP contribution in [0.2, 0.25) is 0 Å². The Hall–Kier alpha value is -1.12. The number of carbonyl (C=O) groups is 2. The van der Waals surface area contributed by atoms with Crippen LogP contribution in [0.15, 0.2) is 11.6 Å². The summed E-state index contributed by atoms with van der Waals surface area (Å²) in [5.74, 6) is -1.21. The molecule has 12 heavy (non-hydrogen) atoms.